The van der Waals surface area contributed by atoms with E-state index in [9.17, 15) is 18.0 Å². The number of ether oxygens (including phenoxy) is 1. The maximum Gasteiger partial charge on any atom is 0.416 e. The largest absolute Gasteiger partial charge is 0.486 e. The second kappa shape index (κ2) is 9.57. The number of halogens is 3. The van der Waals surface area contributed by atoms with Gasteiger partial charge in [-0.2, -0.15) is 13.2 Å². The van der Waals surface area contributed by atoms with Gasteiger partial charge in [0, 0.05) is 43.1 Å². The number of hydrogen-bond acceptors (Lipinski definition) is 4. The van der Waals surface area contributed by atoms with Gasteiger partial charge in [-0.3, -0.25) is 4.79 Å². The first-order valence-electron chi connectivity index (χ1n) is 11.8. The Morgan fingerprint density at radius 1 is 0.886 bits per heavy atom. The Labute approximate surface area is 204 Å². The van der Waals surface area contributed by atoms with Gasteiger partial charge in [-0.1, -0.05) is 32.9 Å². The van der Waals surface area contributed by atoms with E-state index in [-0.39, 0.29) is 23.7 Å². The number of piperazine rings is 1. The van der Waals surface area contributed by atoms with Crippen LogP contribution in [-0.2, 0) is 21.1 Å². The van der Waals surface area contributed by atoms with Crippen molar-refractivity contribution in [2.75, 3.05) is 56.2 Å². The molecule has 0 spiro atoms. The predicted molar refractivity (Wildman–Crippen MR) is 133 cm³/mol. The summed E-state index contributed by atoms with van der Waals surface area (Å²) in [6.45, 7) is 10.0. The van der Waals surface area contributed by atoms with Gasteiger partial charge in [-0.05, 0) is 54.4 Å². The average Bonchev–Trinajstić information content (AvgIpc) is 2.80. The number of anilines is 2. The van der Waals surface area contributed by atoms with Crippen LogP contribution in [0.4, 0.5) is 24.5 Å². The first-order chi connectivity index (χ1) is 16.4. The van der Waals surface area contributed by atoms with E-state index in [1.165, 1.54) is 12.1 Å². The molecule has 0 aliphatic carbocycles. The van der Waals surface area contributed by atoms with Crippen LogP contribution in [0.15, 0.2) is 48.2 Å². The smallest absolute Gasteiger partial charge is 0.416 e. The predicted octanol–water partition coefficient (Wildman–Crippen LogP) is 5.16. The van der Waals surface area contributed by atoms with Gasteiger partial charge in [0.25, 0.3) is 5.91 Å². The van der Waals surface area contributed by atoms with E-state index >= 15 is 0 Å². The van der Waals surface area contributed by atoms with Crippen molar-refractivity contribution in [3.63, 3.8) is 0 Å². The van der Waals surface area contributed by atoms with Gasteiger partial charge in [0.15, 0.2) is 5.76 Å². The number of hydrogen-bond donors (Lipinski definition) is 0. The number of amides is 1. The normalized spacial score (nSPS) is 19.3. The van der Waals surface area contributed by atoms with Crippen LogP contribution in [0.25, 0.3) is 6.08 Å². The van der Waals surface area contributed by atoms with E-state index in [0.717, 1.165) is 36.5 Å². The minimum atomic E-state index is -4.48. The highest BCUT2D eigenvalue weighted by Crippen LogP contribution is 2.35. The van der Waals surface area contributed by atoms with E-state index in [0.29, 0.717) is 30.9 Å². The fourth-order valence-electron chi connectivity index (χ4n) is 4.36. The molecule has 35 heavy (non-hydrogen) atoms. The fourth-order valence-corrected chi connectivity index (χ4v) is 4.36. The molecule has 188 valence electrons. The van der Waals surface area contributed by atoms with E-state index < -0.39 is 11.7 Å². The fraction of sp³-hybridized carbons (Fsp3) is 0.444. The van der Waals surface area contributed by atoms with Crippen molar-refractivity contribution in [3.05, 3.63) is 64.9 Å². The Kier molecular flexibility index (Phi) is 6.86. The molecule has 2 heterocycles. The van der Waals surface area contributed by atoms with Crippen molar-refractivity contribution >= 4 is 23.4 Å². The van der Waals surface area contributed by atoms with Crippen LogP contribution in [0, 0.1) is 0 Å². The summed E-state index contributed by atoms with van der Waals surface area (Å²) >= 11 is 0. The summed E-state index contributed by atoms with van der Waals surface area (Å²) < 4.78 is 46.2. The Morgan fingerprint density at radius 3 is 2.11 bits per heavy atom. The molecule has 0 saturated carbocycles. The topological polar surface area (TPSA) is 36.0 Å². The number of likely N-dealkylation sites (N-methyl/N-ethyl adjacent to an activating group) is 1. The molecular weight excluding hydrogens is 455 g/mol. The van der Waals surface area contributed by atoms with Crippen molar-refractivity contribution in [3.8, 4) is 0 Å². The SMILES string of the molecule is CN1CCN(c2ccc(C(F)(F)F)cc2C=C2OCCN(c3ccc(C(C)(C)C)cc3)C2=O)CC1. The van der Waals surface area contributed by atoms with Crippen LogP contribution >= 0.6 is 0 Å². The molecule has 2 aliphatic rings. The molecule has 1 amide bonds. The highest BCUT2D eigenvalue weighted by Gasteiger charge is 2.32. The molecule has 0 bridgehead atoms. The zero-order chi connectivity index (χ0) is 25.4. The average molecular weight is 488 g/mol. The number of morpholine rings is 1. The van der Waals surface area contributed by atoms with Gasteiger partial charge in [0.1, 0.15) is 6.61 Å². The maximum atomic E-state index is 13.5. The van der Waals surface area contributed by atoms with Crippen molar-refractivity contribution in [2.45, 2.75) is 32.4 Å². The Hall–Kier alpha value is -3.00. The van der Waals surface area contributed by atoms with Crippen LogP contribution in [0.1, 0.15) is 37.5 Å². The van der Waals surface area contributed by atoms with Gasteiger partial charge >= 0.3 is 6.18 Å². The number of nitrogens with zero attached hydrogens (tertiary/aromatic N) is 3. The van der Waals surface area contributed by atoms with E-state index in [1.807, 2.05) is 31.3 Å². The number of carbonyl (C=O) groups is 1. The van der Waals surface area contributed by atoms with Crippen molar-refractivity contribution in [2.24, 2.45) is 0 Å². The highest BCUT2D eigenvalue weighted by atomic mass is 19.4. The van der Waals surface area contributed by atoms with Crippen LogP contribution in [-0.4, -0.2) is 57.2 Å². The molecule has 2 aliphatic heterocycles. The third-order valence-electron chi connectivity index (χ3n) is 6.56. The van der Waals surface area contributed by atoms with Crippen molar-refractivity contribution < 1.29 is 22.7 Å². The van der Waals surface area contributed by atoms with Gasteiger partial charge in [0.2, 0.25) is 0 Å². The molecule has 8 heteroatoms. The minimum Gasteiger partial charge on any atom is -0.486 e. The third kappa shape index (κ3) is 5.64. The van der Waals surface area contributed by atoms with E-state index in [1.54, 1.807) is 4.90 Å². The van der Waals surface area contributed by atoms with Gasteiger partial charge < -0.3 is 19.4 Å². The third-order valence-corrected chi connectivity index (χ3v) is 6.56. The van der Waals surface area contributed by atoms with Gasteiger partial charge in [-0.25, -0.2) is 0 Å². The first-order valence-corrected chi connectivity index (χ1v) is 11.8. The summed E-state index contributed by atoms with van der Waals surface area (Å²) in [7, 11) is 2.02. The summed E-state index contributed by atoms with van der Waals surface area (Å²) in [5, 5.41) is 0. The van der Waals surface area contributed by atoms with Crippen LogP contribution in [0.3, 0.4) is 0 Å². The van der Waals surface area contributed by atoms with Gasteiger partial charge in [0.05, 0.1) is 12.1 Å². The van der Waals surface area contributed by atoms with Crippen LogP contribution in [0.2, 0.25) is 0 Å². The van der Waals surface area contributed by atoms with Crippen molar-refractivity contribution in [1.82, 2.24) is 4.90 Å². The highest BCUT2D eigenvalue weighted by molar-refractivity contribution is 6.07. The molecular formula is C27H32F3N3O2. The van der Waals surface area contributed by atoms with Crippen LogP contribution in [0.5, 0.6) is 0 Å². The Balaban J connectivity index is 1.67. The number of rotatable bonds is 3. The summed E-state index contributed by atoms with van der Waals surface area (Å²) in [6, 6.07) is 11.5. The lowest BCUT2D eigenvalue weighted by molar-refractivity contribution is -0.137. The molecule has 5 nitrogen and oxygen atoms in total. The molecule has 2 aromatic rings. The Morgan fingerprint density at radius 2 is 1.51 bits per heavy atom. The lowest BCUT2D eigenvalue weighted by Gasteiger charge is -2.35. The first kappa shape index (κ1) is 25.1. The number of carbonyl (C=O) groups excluding carboxylic acids is 1. The molecule has 0 N–H and O–H groups in total. The summed E-state index contributed by atoms with van der Waals surface area (Å²) in [4.78, 5) is 19.2. The van der Waals surface area contributed by atoms with E-state index in [2.05, 4.69) is 30.6 Å². The molecule has 0 radical (unpaired) electrons. The van der Waals surface area contributed by atoms with Gasteiger partial charge in [-0.15, -0.1) is 0 Å². The van der Waals surface area contributed by atoms with E-state index in [4.69, 9.17) is 4.74 Å². The number of alkyl halides is 3. The quantitative estimate of drug-likeness (QED) is 0.561. The molecule has 0 unspecified atom stereocenters. The summed E-state index contributed by atoms with van der Waals surface area (Å²) in [5.74, 6) is -0.313. The molecule has 2 aromatic carbocycles. The summed E-state index contributed by atoms with van der Waals surface area (Å²) in [5.41, 5.74) is 2.13. The molecule has 2 fully saturated rings. The second-order valence-electron chi connectivity index (χ2n) is 10.2. The maximum absolute atomic E-state index is 13.5. The monoisotopic (exact) mass is 487 g/mol. The second-order valence-corrected chi connectivity index (χ2v) is 10.2. The lowest BCUT2D eigenvalue weighted by atomic mass is 9.87. The Bertz CT molecular complexity index is 1100. The zero-order valence-electron chi connectivity index (χ0n) is 20.7. The lowest BCUT2D eigenvalue weighted by Crippen LogP contribution is -2.44. The molecule has 2 saturated heterocycles. The molecule has 0 atom stereocenters. The number of benzene rings is 2. The molecule has 0 aromatic heterocycles. The van der Waals surface area contributed by atoms with Crippen LogP contribution < -0.4 is 9.80 Å². The minimum absolute atomic E-state index is 0.0121. The summed E-state index contributed by atoms with van der Waals surface area (Å²) in [6.07, 6.45) is -3.02. The zero-order valence-corrected chi connectivity index (χ0v) is 20.7. The standard InChI is InChI=1S/C27H32F3N3O2/c1-26(2,3)20-5-8-22(9-6-20)33-15-16-35-24(25(33)34)18-19-17-21(27(28,29)30)7-10-23(19)32-13-11-31(4)12-14-32/h5-10,17-18H,11-16H2,1-4H3. The van der Waals surface area contributed by atoms with Crippen molar-refractivity contribution in [1.29, 1.82) is 0 Å². The molecule has 4 rings (SSSR count).